The topological polar surface area (TPSA) is 190 Å². The van der Waals surface area contributed by atoms with Gasteiger partial charge in [-0.25, -0.2) is 4.79 Å². The number of esters is 5. The van der Waals surface area contributed by atoms with Crippen molar-refractivity contribution >= 4 is 29.8 Å². The van der Waals surface area contributed by atoms with E-state index in [0.717, 1.165) is 38.7 Å². The molecule has 0 radical (unpaired) electrons. The lowest BCUT2D eigenvalue weighted by molar-refractivity contribution is -0.328. The number of aliphatic hydroxyl groups is 2. The lowest BCUT2D eigenvalue weighted by Crippen LogP contribution is -2.68. The van der Waals surface area contributed by atoms with E-state index in [1.54, 1.807) is 6.08 Å². The van der Waals surface area contributed by atoms with Crippen molar-refractivity contribution in [2.24, 2.45) is 28.6 Å². The van der Waals surface area contributed by atoms with Crippen LogP contribution in [0.3, 0.4) is 0 Å². The Labute approximate surface area is 297 Å². The molecule has 0 bridgehead atoms. The van der Waals surface area contributed by atoms with Crippen molar-refractivity contribution in [3.8, 4) is 0 Å². The average molecular weight is 721 g/mol. The fraction of sp³-hybridized carbons (Fsp3) is 0.811. The van der Waals surface area contributed by atoms with Crippen molar-refractivity contribution in [3.05, 3.63) is 11.6 Å². The lowest BCUT2D eigenvalue weighted by atomic mass is 9.42. The third kappa shape index (κ3) is 6.59. The van der Waals surface area contributed by atoms with Gasteiger partial charge in [-0.2, -0.15) is 0 Å². The molecular weight excluding hydrogens is 668 g/mol. The minimum absolute atomic E-state index is 0.0256. The molecular formula is C37H52O14. The van der Waals surface area contributed by atoms with Gasteiger partial charge < -0.3 is 43.4 Å². The summed E-state index contributed by atoms with van der Waals surface area (Å²) in [5.41, 5.74) is -2.06. The maximum absolute atomic E-state index is 12.6. The third-order valence-electron chi connectivity index (χ3n) is 13.4. The van der Waals surface area contributed by atoms with Crippen LogP contribution >= 0.6 is 0 Å². The predicted molar refractivity (Wildman–Crippen MR) is 174 cm³/mol. The van der Waals surface area contributed by atoms with Gasteiger partial charge in [0.1, 0.15) is 19.3 Å². The number of rotatable bonds is 8. The van der Waals surface area contributed by atoms with Crippen molar-refractivity contribution in [1.82, 2.24) is 0 Å². The second kappa shape index (κ2) is 13.7. The number of ether oxygens (including phenoxy) is 7. The molecule has 6 rings (SSSR count). The molecule has 2 N–H and O–H groups in total. The van der Waals surface area contributed by atoms with Crippen molar-refractivity contribution in [1.29, 1.82) is 0 Å². The maximum Gasteiger partial charge on any atom is 0.331 e. The van der Waals surface area contributed by atoms with Crippen LogP contribution in [0.1, 0.15) is 99.3 Å². The van der Waals surface area contributed by atoms with E-state index in [-0.39, 0.29) is 43.4 Å². The first-order chi connectivity index (χ1) is 23.9. The molecule has 1 saturated heterocycles. The second-order valence-corrected chi connectivity index (χ2v) is 16.1. The van der Waals surface area contributed by atoms with Crippen molar-refractivity contribution in [2.45, 2.75) is 147 Å². The van der Waals surface area contributed by atoms with E-state index in [4.69, 9.17) is 33.2 Å². The van der Waals surface area contributed by atoms with Crippen LogP contribution in [0.25, 0.3) is 0 Å². The maximum atomic E-state index is 12.6. The zero-order chi connectivity index (χ0) is 37.1. The minimum atomic E-state index is -1.35. The molecule has 4 saturated carbocycles. The van der Waals surface area contributed by atoms with E-state index < -0.39 is 82.7 Å². The predicted octanol–water partition coefficient (Wildman–Crippen LogP) is 2.83. The SMILES string of the molecule is CC(=O)OC[C@H]1O[C@@H](O[C@H]2CC[C@]3(C)[C@H]4CC[C@]5(C)[C@@H](C6=CC(=O)OC6)CCC5(O)[C@@H]4CC[C@]3(O)C2)[C@H](OC(C)=O)[C@@H](OC(C)=O)[C@@H]1OC(C)=O. The second-order valence-electron chi connectivity index (χ2n) is 16.1. The van der Waals surface area contributed by atoms with Crippen LogP contribution in [-0.4, -0.2) is 101 Å². The molecule has 0 spiro atoms. The highest BCUT2D eigenvalue weighted by molar-refractivity contribution is 5.85. The quantitative estimate of drug-likeness (QED) is 0.211. The molecule has 5 fully saturated rings. The summed E-state index contributed by atoms with van der Waals surface area (Å²) in [6.45, 7) is 8.90. The highest BCUT2D eigenvalue weighted by Crippen LogP contribution is 2.70. The summed E-state index contributed by atoms with van der Waals surface area (Å²) in [6.07, 6.45) is -0.0185. The van der Waals surface area contributed by atoms with Gasteiger partial charge in [-0.05, 0) is 80.1 Å². The average Bonchev–Trinajstić information content (AvgIpc) is 3.58. The van der Waals surface area contributed by atoms with Crippen LogP contribution < -0.4 is 0 Å². The van der Waals surface area contributed by atoms with Crippen LogP contribution in [-0.2, 0) is 57.1 Å². The summed E-state index contributed by atoms with van der Waals surface area (Å²) >= 11 is 0. The first-order valence-corrected chi connectivity index (χ1v) is 18.2. The highest BCUT2D eigenvalue weighted by atomic mass is 16.7. The van der Waals surface area contributed by atoms with E-state index >= 15 is 0 Å². The summed E-state index contributed by atoms with van der Waals surface area (Å²) in [4.78, 5) is 60.4. The molecule has 1 unspecified atom stereocenters. The third-order valence-corrected chi connectivity index (χ3v) is 13.4. The van der Waals surface area contributed by atoms with E-state index in [1.165, 1.54) is 13.8 Å². The Morgan fingerprint density at radius 3 is 2.04 bits per heavy atom. The Morgan fingerprint density at radius 2 is 1.41 bits per heavy atom. The minimum Gasteiger partial charge on any atom is -0.463 e. The van der Waals surface area contributed by atoms with E-state index in [0.29, 0.717) is 32.1 Å². The Morgan fingerprint density at radius 1 is 0.784 bits per heavy atom. The Kier molecular flexibility index (Phi) is 10.1. The number of hydrogen-bond donors (Lipinski definition) is 2. The van der Waals surface area contributed by atoms with E-state index in [1.807, 2.05) is 0 Å². The van der Waals surface area contributed by atoms with Gasteiger partial charge in [0.05, 0.1) is 17.3 Å². The highest BCUT2D eigenvalue weighted by Gasteiger charge is 2.70. The van der Waals surface area contributed by atoms with Gasteiger partial charge in [0.15, 0.2) is 24.6 Å². The first-order valence-electron chi connectivity index (χ1n) is 18.2. The van der Waals surface area contributed by atoms with Gasteiger partial charge in [-0.15, -0.1) is 0 Å². The summed E-state index contributed by atoms with van der Waals surface area (Å²) in [5.74, 6) is -3.03. The van der Waals surface area contributed by atoms with Gasteiger partial charge in [-0.1, -0.05) is 13.8 Å². The molecule has 14 heteroatoms. The van der Waals surface area contributed by atoms with E-state index in [9.17, 15) is 34.2 Å². The van der Waals surface area contributed by atoms with Crippen LogP contribution in [0.4, 0.5) is 0 Å². The molecule has 284 valence electrons. The number of cyclic esters (lactones) is 1. The number of hydrogen-bond acceptors (Lipinski definition) is 14. The van der Waals surface area contributed by atoms with Crippen LogP contribution in [0.5, 0.6) is 0 Å². The van der Waals surface area contributed by atoms with Gasteiger partial charge >= 0.3 is 29.8 Å². The van der Waals surface area contributed by atoms with Gasteiger partial charge in [-0.3, -0.25) is 19.2 Å². The fourth-order valence-electron chi connectivity index (χ4n) is 11.0. The Balaban J connectivity index is 1.22. The summed E-state index contributed by atoms with van der Waals surface area (Å²) in [5, 5.41) is 25.1. The molecule has 51 heavy (non-hydrogen) atoms. The number of fused-ring (bicyclic) bond motifs is 5. The molecule has 2 heterocycles. The van der Waals surface area contributed by atoms with Crippen LogP contribution in [0, 0.1) is 28.6 Å². The smallest absolute Gasteiger partial charge is 0.331 e. The molecule has 0 aromatic carbocycles. The van der Waals surface area contributed by atoms with Crippen molar-refractivity contribution in [3.63, 3.8) is 0 Å². The molecule has 0 aromatic heterocycles. The Bertz CT molecular complexity index is 1460. The van der Waals surface area contributed by atoms with Crippen LogP contribution in [0.2, 0.25) is 0 Å². The molecule has 14 nitrogen and oxygen atoms in total. The molecule has 6 aliphatic rings. The number of carbonyl (C=O) groups excluding carboxylic acids is 5. The van der Waals surface area contributed by atoms with E-state index in [2.05, 4.69) is 13.8 Å². The molecule has 0 aromatic rings. The Hall–Kier alpha value is -3.07. The van der Waals surface area contributed by atoms with Gasteiger partial charge in [0.25, 0.3) is 0 Å². The normalized spacial score (nSPS) is 44.5. The zero-order valence-electron chi connectivity index (χ0n) is 30.3. The standard InChI is InChI=1S/C37H52O14/c1-19(38)45-18-28-30(47-20(2)39)31(48-21(3)40)32(49-22(4)41)33(51-28)50-24-7-11-34(5)26-8-12-35(6)25(23-15-29(42)46-17-23)10-14-37(35,44)27(26)9-13-36(34,43)16-24/h15,24-28,30-33,43-44H,7-14,16-18H2,1-6H3/t24-,25+,26-,27+,28+,30+,31-,32+,33+,34+,35+,36-,37?/m0/s1. The first kappa shape index (κ1) is 37.7. The number of carbonyl (C=O) groups is 5. The summed E-state index contributed by atoms with van der Waals surface area (Å²) in [7, 11) is 0. The molecule has 2 aliphatic heterocycles. The molecule has 0 amide bonds. The van der Waals surface area contributed by atoms with Gasteiger partial charge in [0.2, 0.25) is 0 Å². The van der Waals surface area contributed by atoms with Crippen molar-refractivity contribution < 1.29 is 67.3 Å². The van der Waals surface area contributed by atoms with Crippen molar-refractivity contribution in [2.75, 3.05) is 13.2 Å². The van der Waals surface area contributed by atoms with Crippen LogP contribution in [0.15, 0.2) is 11.6 Å². The van der Waals surface area contributed by atoms with Gasteiger partial charge in [0, 0.05) is 45.6 Å². The fourth-order valence-corrected chi connectivity index (χ4v) is 11.0. The summed E-state index contributed by atoms with van der Waals surface area (Å²) < 4.78 is 39.8. The largest absolute Gasteiger partial charge is 0.463 e. The summed E-state index contributed by atoms with van der Waals surface area (Å²) in [6, 6.07) is 0. The molecule has 13 atom stereocenters. The monoisotopic (exact) mass is 720 g/mol. The molecule has 4 aliphatic carbocycles. The lowest BCUT2D eigenvalue weighted by Gasteiger charge is -2.66. The zero-order valence-corrected chi connectivity index (χ0v) is 30.3.